The lowest BCUT2D eigenvalue weighted by Crippen LogP contribution is -2.49. The largest absolute Gasteiger partial charge is 0.465 e. The van der Waals surface area contributed by atoms with Crippen LogP contribution in [0.4, 0.5) is 0 Å². The van der Waals surface area contributed by atoms with Crippen molar-refractivity contribution >= 4 is 16.2 Å². The number of esters is 1. The Kier molecular flexibility index (Phi) is 6.38. The molecular formula is C12H24N2O5S. The Bertz CT molecular complexity index is 424. The van der Waals surface area contributed by atoms with Gasteiger partial charge in [0, 0.05) is 12.6 Å². The lowest BCUT2D eigenvalue weighted by Gasteiger charge is -2.25. The van der Waals surface area contributed by atoms with E-state index in [9.17, 15) is 18.3 Å². The Morgan fingerprint density at radius 1 is 1.50 bits per heavy atom. The van der Waals surface area contributed by atoms with Crippen LogP contribution >= 0.6 is 0 Å². The van der Waals surface area contributed by atoms with E-state index in [4.69, 9.17) is 4.74 Å². The summed E-state index contributed by atoms with van der Waals surface area (Å²) < 4.78 is 33.1. The SMILES string of the molecule is CCOC(=O)C1CCCN1S(=O)(=O)NC(C)CC(C)O. The molecule has 118 valence electrons. The molecule has 0 aliphatic carbocycles. The number of nitrogens with one attached hydrogen (secondary N) is 1. The van der Waals surface area contributed by atoms with E-state index in [0.717, 1.165) is 4.31 Å². The maximum absolute atomic E-state index is 12.3. The highest BCUT2D eigenvalue weighted by molar-refractivity contribution is 7.87. The Hall–Kier alpha value is -0.700. The van der Waals surface area contributed by atoms with Crippen LogP contribution < -0.4 is 4.72 Å². The smallest absolute Gasteiger partial charge is 0.324 e. The van der Waals surface area contributed by atoms with E-state index >= 15 is 0 Å². The molecule has 1 aliphatic heterocycles. The number of carbonyl (C=O) groups excluding carboxylic acids is 1. The van der Waals surface area contributed by atoms with Crippen LogP contribution in [0.25, 0.3) is 0 Å². The number of rotatable bonds is 7. The topological polar surface area (TPSA) is 95.9 Å². The zero-order valence-corrected chi connectivity index (χ0v) is 13.0. The molecule has 1 saturated heterocycles. The van der Waals surface area contributed by atoms with E-state index < -0.39 is 34.4 Å². The molecule has 1 aliphatic rings. The molecule has 3 unspecified atom stereocenters. The van der Waals surface area contributed by atoms with Gasteiger partial charge in [-0.2, -0.15) is 17.4 Å². The van der Waals surface area contributed by atoms with Crippen molar-refractivity contribution in [3.8, 4) is 0 Å². The van der Waals surface area contributed by atoms with Gasteiger partial charge in [0.2, 0.25) is 0 Å². The second kappa shape index (κ2) is 7.35. The van der Waals surface area contributed by atoms with Crippen LogP contribution in [0.5, 0.6) is 0 Å². The molecule has 0 aromatic heterocycles. The normalized spacial score (nSPS) is 23.5. The number of aliphatic hydroxyl groups excluding tert-OH is 1. The number of hydrogen-bond acceptors (Lipinski definition) is 5. The maximum Gasteiger partial charge on any atom is 0.324 e. The first kappa shape index (κ1) is 17.4. The van der Waals surface area contributed by atoms with Gasteiger partial charge in [0.05, 0.1) is 12.7 Å². The Balaban J connectivity index is 2.72. The van der Waals surface area contributed by atoms with Crippen molar-refractivity contribution in [1.29, 1.82) is 0 Å². The Labute approximate surface area is 120 Å². The quantitative estimate of drug-likeness (QED) is 0.646. The highest BCUT2D eigenvalue weighted by Gasteiger charge is 2.39. The van der Waals surface area contributed by atoms with Crippen molar-refractivity contribution in [1.82, 2.24) is 9.03 Å². The molecule has 0 saturated carbocycles. The van der Waals surface area contributed by atoms with Gasteiger partial charge in [-0.25, -0.2) is 0 Å². The molecule has 1 rings (SSSR count). The third kappa shape index (κ3) is 4.69. The zero-order valence-electron chi connectivity index (χ0n) is 12.2. The highest BCUT2D eigenvalue weighted by Crippen LogP contribution is 2.21. The third-order valence-electron chi connectivity index (χ3n) is 3.12. The van der Waals surface area contributed by atoms with Gasteiger partial charge in [-0.05, 0) is 40.0 Å². The monoisotopic (exact) mass is 308 g/mol. The number of ether oxygens (including phenoxy) is 1. The van der Waals surface area contributed by atoms with E-state index in [1.165, 1.54) is 0 Å². The molecule has 0 aromatic rings. The summed E-state index contributed by atoms with van der Waals surface area (Å²) in [6.07, 6.45) is 0.837. The molecule has 7 nitrogen and oxygen atoms in total. The summed E-state index contributed by atoms with van der Waals surface area (Å²) >= 11 is 0. The van der Waals surface area contributed by atoms with Crippen molar-refractivity contribution in [2.75, 3.05) is 13.2 Å². The average Bonchev–Trinajstić information content (AvgIpc) is 2.76. The predicted octanol–water partition coefficient (Wildman–Crippen LogP) is 0.00770. The van der Waals surface area contributed by atoms with Gasteiger partial charge < -0.3 is 9.84 Å². The predicted molar refractivity (Wildman–Crippen MR) is 74.2 cm³/mol. The zero-order chi connectivity index (χ0) is 15.3. The fourth-order valence-corrected chi connectivity index (χ4v) is 4.02. The van der Waals surface area contributed by atoms with Crippen molar-refractivity contribution in [2.45, 2.75) is 58.2 Å². The lowest BCUT2D eigenvalue weighted by molar-refractivity contribution is -0.146. The summed E-state index contributed by atoms with van der Waals surface area (Å²) in [7, 11) is -3.75. The lowest BCUT2D eigenvalue weighted by atomic mass is 10.2. The van der Waals surface area contributed by atoms with E-state index in [-0.39, 0.29) is 6.61 Å². The summed E-state index contributed by atoms with van der Waals surface area (Å²) in [5.74, 6) is -0.501. The molecule has 0 aromatic carbocycles. The molecule has 20 heavy (non-hydrogen) atoms. The van der Waals surface area contributed by atoms with Crippen LogP contribution in [0.3, 0.4) is 0 Å². The molecule has 8 heteroatoms. The van der Waals surface area contributed by atoms with E-state index in [1.54, 1.807) is 20.8 Å². The summed E-state index contributed by atoms with van der Waals surface area (Å²) in [6.45, 7) is 5.51. The third-order valence-corrected chi connectivity index (χ3v) is 4.87. The van der Waals surface area contributed by atoms with Gasteiger partial charge in [-0.1, -0.05) is 0 Å². The molecule has 0 spiro atoms. The van der Waals surface area contributed by atoms with Crippen LogP contribution in [-0.4, -0.2) is 55.1 Å². The molecular weight excluding hydrogens is 284 g/mol. The van der Waals surface area contributed by atoms with Gasteiger partial charge >= 0.3 is 5.97 Å². The number of aliphatic hydroxyl groups is 1. The van der Waals surface area contributed by atoms with E-state index in [2.05, 4.69) is 4.72 Å². The number of nitrogens with zero attached hydrogens (tertiary/aromatic N) is 1. The molecule has 3 atom stereocenters. The van der Waals surface area contributed by atoms with Crippen LogP contribution in [0.2, 0.25) is 0 Å². The van der Waals surface area contributed by atoms with Crippen LogP contribution in [0, 0.1) is 0 Å². The Morgan fingerprint density at radius 3 is 2.70 bits per heavy atom. The minimum Gasteiger partial charge on any atom is -0.465 e. The van der Waals surface area contributed by atoms with Gasteiger partial charge in [-0.15, -0.1) is 0 Å². The second-order valence-electron chi connectivity index (χ2n) is 5.13. The van der Waals surface area contributed by atoms with Crippen molar-refractivity contribution in [3.63, 3.8) is 0 Å². The first-order chi connectivity index (χ1) is 9.27. The Morgan fingerprint density at radius 2 is 2.15 bits per heavy atom. The maximum atomic E-state index is 12.3. The average molecular weight is 308 g/mol. The molecule has 0 bridgehead atoms. The van der Waals surface area contributed by atoms with E-state index in [0.29, 0.717) is 25.8 Å². The van der Waals surface area contributed by atoms with Crippen molar-refractivity contribution in [3.05, 3.63) is 0 Å². The molecule has 0 amide bonds. The number of carbonyl (C=O) groups is 1. The van der Waals surface area contributed by atoms with Gasteiger partial charge in [0.15, 0.2) is 0 Å². The van der Waals surface area contributed by atoms with Crippen LogP contribution in [0.1, 0.15) is 40.0 Å². The fourth-order valence-electron chi connectivity index (χ4n) is 2.38. The minimum absolute atomic E-state index is 0.231. The fraction of sp³-hybridized carbons (Fsp3) is 0.917. The van der Waals surface area contributed by atoms with Gasteiger partial charge in [0.25, 0.3) is 10.2 Å². The first-order valence-electron chi connectivity index (χ1n) is 6.91. The van der Waals surface area contributed by atoms with E-state index in [1.807, 2.05) is 0 Å². The summed E-state index contributed by atoms with van der Waals surface area (Å²) in [5, 5.41) is 9.27. The van der Waals surface area contributed by atoms with Crippen LogP contribution in [-0.2, 0) is 19.7 Å². The van der Waals surface area contributed by atoms with Crippen molar-refractivity contribution < 1.29 is 23.1 Å². The molecule has 2 N–H and O–H groups in total. The molecule has 1 heterocycles. The first-order valence-corrected chi connectivity index (χ1v) is 8.35. The van der Waals surface area contributed by atoms with Crippen molar-refractivity contribution in [2.24, 2.45) is 0 Å². The minimum atomic E-state index is -3.75. The summed E-state index contributed by atoms with van der Waals surface area (Å²) in [4.78, 5) is 11.8. The second-order valence-corrected chi connectivity index (χ2v) is 6.78. The summed E-state index contributed by atoms with van der Waals surface area (Å²) in [5.41, 5.74) is 0. The summed E-state index contributed by atoms with van der Waals surface area (Å²) in [6, 6.07) is -1.14. The molecule has 0 radical (unpaired) electrons. The van der Waals surface area contributed by atoms with Gasteiger partial charge in [-0.3, -0.25) is 4.79 Å². The highest BCUT2D eigenvalue weighted by atomic mass is 32.2. The van der Waals surface area contributed by atoms with Gasteiger partial charge in [0.1, 0.15) is 6.04 Å². The molecule has 1 fully saturated rings. The standard InChI is InChI=1S/C12H24N2O5S/c1-4-19-12(16)11-6-5-7-14(11)20(17,18)13-9(2)8-10(3)15/h9-11,13,15H,4-8H2,1-3H3. The van der Waals surface area contributed by atoms with Crippen LogP contribution in [0.15, 0.2) is 0 Å². The number of hydrogen-bond donors (Lipinski definition) is 2.